The normalized spacial score (nSPS) is 11.4. The first kappa shape index (κ1) is 22.1. The fourth-order valence-corrected chi connectivity index (χ4v) is 5.03. The second kappa shape index (κ2) is 9.01. The van der Waals surface area contributed by atoms with Crippen LogP contribution in [-0.2, 0) is 5.75 Å². The van der Waals surface area contributed by atoms with Gasteiger partial charge in [0.25, 0.3) is 5.56 Å². The molecule has 0 bridgehead atoms. The molecule has 0 atom stereocenters. The number of para-hydroxylation sites is 2. The van der Waals surface area contributed by atoms with Crippen molar-refractivity contribution in [3.63, 3.8) is 0 Å². The van der Waals surface area contributed by atoms with Crippen LogP contribution in [-0.4, -0.2) is 31.4 Å². The lowest BCUT2D eigenvalue weighted by atomic mass is 10.1. The number of benzene rings is 3. The van der Waals surface area contributed by atoms with Crippen molar-refractivity contribution in [3.8, 4) is 22.7 Å². The average Bonchev–Trinajstić information content (AvgIpc) is 3.56. The fourth-order valence-electron chi connectivity index (χ4n) is 4.22. The largest absolute Gasteiger partial charge is 0.497 e. The van der Waals surface area contributed by atoms with Gasteiger partial charge in [-0.05, 0) is 55.0 Å². The Bertz CT molecular complexity index is 1770. The van der Waals surface area contributed by atoms with Crippen molar-refractivity contribution in [2.45, 2.75) is 17.8 Å². The third-order valence-electron chi connectivity index (χ3n) is 6.04. The van der Waals surface area contributed by atoms with Gasteiger partial charge in [0, 0.05) is 11.6 Å². The topological polar surface area (TPSA) is 87.5 Å². The number of hydrogen-bond acceptors (Lipinski definition) is 7. The molecule has 6 rings (SSSR count). The molecule has 0 aliphatic rings. The van der Waals surface area contributed by atoms with Crippen molar-refractivity contribution in [2.75, 3.05) is 7.11 Å². The first-order valence-corrected chi connectivity index (χ1v) is 12.3. The average molecular weight is 496 g/mol. The molecule has 8 nitrogen and oxygen atoms in total. The highest BCUT2D eigenvalue weighted by Crippen LogP contribution is 2.28. The summed E-state index contributed by atoms with van der Waals surface area (Å²) in [5.41, 5.74) is 4.07. The highest BCUT2D eigenvalue weighted by atomic mass is 32.2. The van der Waals surface area contributed by atoms with Gasteiger partial charge in [0.2, 0.25) is 5.78 Å². The molecule has 3 aromatic carbocycles. The maximum atomic E-state index is 13.5. The molecule has 0 aliphatic carbocycles. The Morgan fingerprint density at radius 3 is 2.56 bits per heavy atom. The van der Waals surface area contributed by atoms with Crippen LogP contribution in [0.15, 0.2) is 93.3 Å². The van der Waals surface area contributed by atoms with Crippen molar-refractivity contribution in [1.29, 1.82) is 0 Å². The minimum absolute atomic E-state index is 0.129. The van der Waals surface area contributed by atoms with E-state index in [1.807, 2.05) is 90.2 Å². The molecule has 0 radical (unpaired) electrons. The second-order valence-corrected chi connectivity index (χ2v) is 9.20. The van der Waals surface area contributed by atoms with Gasteiger partial charge in [0.1, 0.15) is 17.2 Å². The van der Waals surface area contributed by atoms with Crippen LogP contribution in [0.4, 0.5) is 0 Å². The molecular weight excluding hydrogens is 474 g/mol. The Morgan fingerprint density at radius 2 is 1.75 bits per heavy atom. The van der Waals surface area contributed by atoms with Gasteiger partial charge in [0.15, 0.2) is 5.16 Å². The van der Waals surface area contributed by atoms with E-state index in [2.05, 4.69) is 15.4 Å². The summed E-state index contributed by atoms with van der Waals surface area (Å²) in [6.07, 6.45) is 0. The van der Waals surface area contributed by atoms with Crippen LogP contribution < -0.4 is 10.3 Å². The molecule has 178 valence electrons. The quantitative estimate of drug-likeness (QED) is 0.290. The number of aryl methyl sites for hydroxylation is 1. The summed E-state index contributed by atoms with van der Waals surface area (Å²) in [7, 11) is 1.64. The molecule has 0 saturated carbocycles. The zero-order valence-electron chi connectivity index (χ0n) is 19.6. The fraction of sp³-hybridized carbons (Fsp3) is 0.111. The number of aromatic nitrogens is 5. The molecule has 3 heterocycles. The Kier molecular flexibility index (Phi) is 5.54. The first-order valence-electron chi connectivity index (χ1n) is 11.3. The van der Waals surface area contributed by atoms with E-state index in [1.54, 1.807) is 11.7 Å². The Morgan fingerprint density at radius 1 is 0.972 bits per heavy atom. The molecule has 36 heavy (non-hydrogen) atoms. The lowest BCUT2D eigenvalue weighted by Crippen LogP contribution is -2.22. The molecule has 0 fully saturated rings. The van der Waals surface area contributed by atoms with Crippen LogP contribution in [0.25, 0.3) is 33.6 Å². The Labute approximate surface area is 210 Å². The van der Waals surface area contributed by atoms with Crippen LogP contribution in [0.5, 0.6) is 5.75 Å². The standard InChI is InChI=1S/C27H21N5O3S/c1-17-7-3-5-9-23(17)31-25(33)21-8-4-6-10-24(21)32-26(31)28-29-27(32)36-16-20-15-22(30-35-20)18-11-13-19(34-2)14-12-18/h3-15H,16H2,1-2H3. The van der Waals surface area contributed by atoms with Gasteiger partial charge in [-0.2, -0.15) is 0 Å². The summed E-state index contributed by atoms with van der Waals surface area (Å²) in [5, 5.41) is 14.3. The highest BCUT2D eigenvalue weighted by molar-refractivity contribution is 7.98. The van der Waals surface area contributed by atoms with Crippen LogP contribution in [0, 0.1) is 6.92 Å². The van der Waals surface area contributed by atoms with E-state index in [0.29, 0.717) is 27.8 Å². The van der Waals surface area contributed by atoms with Crippen LogP contribution in [0.2, 0.25) is 0 Å². The maximum absolute atomic E-state index is 13.5. The van der Waals surface area contributed by atoms with Gasteiger partial charge >= 0.3 is 0 Å². The number of hydrogen-bond donors (Lipinski definition) is 0. The number of fused-ring (bicyclic) bond motifs is 3. The first-order chi connectivity index (χ1) is 17.6. The maximum Gasteiger partial charge on any atom is 0.267 e. The van der Waals surface area contributed by atoms with Crippen LogP contribution >= 0.6 is 11.8 Å². The van der Waals surface area contributed by atoms with Gasteiger partial charge in [-0.15, -0.1) is 10.2 Å². The molecule has 0 amide bonds. The summed E-state index contributed by atoms with van der Waals surface area (Å²) in [6, 6.07) is 24.9. The Balaban J connectivity index is 1.39. The SMILES string of the molecule is COc1ccc(-c2cc(CSc3nnc4n(-c5ccccc5C)c(=O)c5ccccc5n34)on2)cc1. The molecule has 0 unspecified atom stereocenters. The smallest absolute Gasteiger partial charge is 0.267 e. The van der Waals surface area contributed by atoms with E-state index in [1.165, 1.54) is 11.8 Å². The molecule has 0 aliphatic heterocycles. The number of ether oxygens (including phenoxy) is 1. The van der Waals surface area contributed by atoms with Crippen molar-refractivity contribution in [3.05, 3.63) is 101 Å². The molecule has 0 saturated heterocycles. The van der Waals surface area contributed by atoms with Crippen LogP contribution in [0.3, 0.4) is 0 Å². The van der Waals surface area contributed by atoms with Gasteiger partial charge in [-0.3, -0.25) is 9.20 Å². The van der Waals surface area contributed by atoms with E-state index in [-0.39, 0.29) is 5.56 Å². The zero-order chi connectivity index (χ0) is 24.6. The van der Waals surface area contributed by atoms with E-state index in [9.17, 15) is 4.79 Å². The Hall–Kier alpha value is -4.37. The van der Waals surface area contributed by atoms with E-state index in [4.69, 9.17) is 9.26 Å². The summed E-state index contributed by atoms with van der Waals surface area (Å²) in [6.45, 7) is 1.98. The van der Waals surface area contributed by atoms with Gasteiger partial charge in [0.05, 0.1) is 29.5 Å². The molecule has 9 heteroatoms. The van der Waals surface area contributed by atoms with Gasteiger partial charge in [-0.1, -0.05) is 47.3 Å². The lowest BCUT2D eigenvalue weighted by molar-refractivity contribution is 0.397. The molecule has 0 spiro atoms. The monoisotopic (exact) mass is 495 g/mol. The molecule has 0 N–H and O–H groups in total. The number of thioether (sulfide) groups is 1. The third kappa shape index (κ3) is 3.74. The van der Waals surface area contributed by atoms with E-state index >= 15 is 0 Å². The number of nitrogens with zero attached hydrogens (tertiary/aromatic N) is 5. The summed E-state index contributed by atoms with van der Waals surface area (Å²) < 4.78 is 14.4. The van der Waals surface area contributed by atoms with Crippen molar-refractivity contribution in [2.24, 2.45) is 0 Å². The lowest BCUT2D eigenvalue weighted by Gasteiger charge is -2.13. The van der Waals surface area contributed by atoms with E-state index in [0.717, 1.165) is 33.8 Å². The highest BCUT2D eigenvalue weighted by Gasteiger charge is 2.19. The third-order valence-corrected chi connectivity index (χ3v) is 6.99. The summed E-state index contributed by atoms with van der Waals surface area (Å²) >= 11 is 1.47. The van der Waals surface area contributed by atoms with Crippen molar-refractivity contribution in [1.82, 2.24) is 24.3 Å². The number of rotatable bonds is 6. The molecular formula is C27H21N5O3S. The van der Waals surface area contributed by atoms with Gasteiger partial charge < -0.3 is 9.26 Å². The van der Waals surface area contributed by atoms with Crippen LogP contribution in [0.1, 0.15) is 11.3 Å². The molecule has 6 aromatic rings. The van der Waals surface area contributed by atoms with E-state index < -0.39 is 0 Å². The van der Waals surface area contributed by atoms with Crippen molar-refractivity contribution >= 4 is 28.4 Å². The minimum Gasteiger partial charge on any atom is -0.497 e. The summed E-state index contributed by atoms with van der Waals surface area (Å²) in [5.74, 6) is 2.46. The number of methoxy groups -OCH3 is 1. The predicted molar refractivity (Wildman–Crippen MR) is 139 cm³/mol. The predicted octanol–water partition coefficient (Wildman–Crippen LogP) is 5.30. The molecule has 3 aromatic heterocycles. The summed E-state index contributed by atoms with van der Waals surface area (Å²) in [4.78, 5) is 13.5. The van der Waals surface area contributed by atoms with Gasteiger partial charge in [-0.25, -0.2) is 4.57 Å². The second-order valence-electron chi connectivity index (χ2n) is 8.26. The minimum atomic E-state index is -0.129. The zero-order valence-corrected chi connectivity index (χ0v) is 20.4. The van der Waals surface area contributed by atoms with Crippen molar-refractivity contribution < 1.29 is 9.26 Å².